The number of phenolic OH excluding ortho intramolecular Hbond substituents is 1. The van der Waals surface area contributed by atoms with Crippen LogP contribution in [0.5, 0.6) is 5.75 Å². The smallest absolute Gasteiger partial charge is 0.244 e. The van der Waals surface area contributed by atoms with E-state index in [1.54, 1.807) is 24.3 Å². The second kappa shape index (κ2) is 6.96. The third-order valence-electron chi connectivity index (χ3n) is 3.86. The van der Waals surface area contributed by atoms with E-state index in [0.717, 1.165) is 21.9 Å². The van der Waals surface area contributed by atoms with E-state index in [0.29, 0.717) is 5.71 Å². The maximum Gasteiger partial charge on any atom is 0.244 e. The van der Waals surface area contributed by atoms with Crippen LogP contribution in [0.3, 0.4) is 0 Å². The van der Waals surface area contributed by atoms with Crippen LogP contribution in [0.15, 0.2) is 71.8 Å². The van der Waals surface area contributed by atoms with Crippen molar-refractivity contribution in [2.75, 3.05) is 0 Å². The fourth-order valence-electron chi connectivity index (χ4n) is 2.57. The number of carbonyl (C=O) groups is 1. The van der Waals surface area contributed by atoms with Crippen LogP contribution in [0, 0.1) is 0 Å². The maximum absolute atomic E-state index is 12.2. The van der Waals surface area contributed by atoms with Crippen molar-refractivity contribution >= 4 is 22.4 Å². The number of phenols is 1. The zero-order valence-corrected chi connectivity index (χ0v) is 13.4. The molecule has 0 bridgehead atoms. The van der Waals surface area contributed by atoms with Gasteiger partial charge in [0.15, 0.2) is 0 Å². The third kappa shape index (κ3) is 3.60. The maximum atomic E-state index is 12.2. The number of rotatable bonds is 4. The Bertz CT molecular complexity index is 894. The molecule has 120 valence electrons. The van der Waals surface area contributed by atoms with Crippen LogP contribution in [-0.2, 0) is 11.2 Å². The Morgan fingerprint density at radius 3 is 2.50 bits per heavy atom. The summed E-state index contributed by atoms with van der Waals surface area (Å²) in [7, 11) is 0. The molecule has 0 unspecified atom stereocenters. The molecule has 0 aliphatic rings. The Labute approximate surface area is 140 Å². The molecule has 3 rings (SSSR count). The summed E-state index contributed by atoms with van der Waals surface area (Å²) in [6.07, 6.45) is 0.272. The minimum absolute atomic E-state index is 0.163. The van der Waals surface area contributed by atoms with Crippen molar-refractivity contribution in [3.8, 4) is 5.75 Å². The standard InChI is InChI=1S/C20H18N2O2/c1-14(15-9-11-18(23)12-10-15)21-22-20(24)13-17-7-4-6-16-5-2-3-8-19(16)17/h2-12,23H,13H2,1H3,(H,22,24). The molecule has 0 saturated carbocycles. The van der Waals surface area contributed by atoms with Gasteiger partial charge in [-0.25, -0.2) is 5.43 Å². The molecule has 0 saturated heterocycles. The first-order valence-corrected chi connectivity index (χ1v) is 7.72. The average Bonchev–Trinajstić information content (AvgIpc) is 2.61. The molecule has 0 aliphatic carbocycles. The van der Waals surface area contributed by atoms with Crippen LogP contribution in [0.2, 0.25) is 0 Å². The highest BCUT2D eigenvalue weighted by atomic mass is 16.3. The Hall–Kier alpha value is -3.14. The molecule has 1 amide bonds. The largest absolute Gasteiger partial charge is 0.508 e. The van der Waals surface area contributed by atoms with E-state index >= 15 is 0 Å². The molecule has 0 radical (unpaired) electrons. The van der Waals surface area contributed by atoms with E-state index in [-0.39, 0.29) is 18.1 Å². The third-order valence-corrected chi connectivity index (χ3v) is 3.86. The van der Waals surface area contributed by atoms with Crippen LogP contribution in [0.1, 0.15) is 18.1 Å². The highest BCUT2D eigenvalue weighted by Crippen LogP contribution is 2.18. The second-order valence-electron chi connectivity index (χ2n) is 5.59. The highest BCUT2D eigenvalue weighted by Gasteiger charge is 2.06. The fourth-order valence-corrected chi connectivity index (χ4v) is 2.57. The summed E-state index contributed by atoms with van der Waals surface area (Å²) in [4.78, 5) is 12.2. The number of nitrogens with zero attached hydrogens (tertiary/aromatic N) is 1. The van der Waals surface area contributed by atoms with Crippen molar-refractivity contribution in [1.29, 1.82) is 0 Å². The summed E-state index contributed by atoms with van der Waals surface area (Å²) < 4.78 is 0. The average molecular weight is 318 g/mol. The van der Waals surface area contributed by atoms with Crippen LogP contribution >= 0.6 is 0 Å². The summed E-state index contributed by atoms with van der Waals surface area (Å²) in [5.41, 5.74) is 5.10. The Morgan fingerprint density at radius 2 is 1.71 bits per heavy atom. The van der Waals surface area contributed by atoms with E-state index in [9.17, 15) is 9.90 Å². The first kappa shape index (κ1) is 15.7. The molecule has 0 fully saturated rings. The van der Waals surface area contributed by atoms with Gasteiger partial charge in [0.2, 0.25) is 5.91 Å². The van der Waals surface area contributed by atoms with Crippen LogP contribution < -0.4 is 5.43 Å². The number of amides is 1. The van der Waals surface area contributed by atoms with E-state index < -0.39 is 0 Å². The Morgan fingerprint density at radius 1 is 1.00 bits per heavy atom. The monoisotopic (exact) mass is 318 g/mol. The van der Waals surface area contributed by atoms with Gasteiger partial charge in [0, 0.05) is 0 Å². The molecule has 3 aromatic carbocycles. The molecule has 0 aliphatic heterocycles. The molecular weight excluding hydrogens is 300 g/mol. The fraction of sp³-hybridized carbons (Fsp3) is 0.100. The number of benzene rings is 3. The predicted octanol–water partition coefficient (Wildman–Crippen LogP) is 3.63. The lowest BCUT2D eigenvalue weighted by atomic mass is 10.0. The van der Waals surface area contributed by atoms with E-state index in [1.807, 2.05) is 49.4 Å². The van der Waals surface area contributed by atoms with E-state index in [1.165, 1.54) is 0 Å². The molecule has 0 atom stereocenters. The lowest BCUT2D eigenvalue weighted by Gasteiger charge is -2.06. The number of hydrazone groups is 1. The SMILES string of the molecule is CC(=NNC(=O)Cc1cccc2ccccc12)c1ccc(O)cc1. The molecule has 0 spiro atoms. The molecule has 3 aromatic rings. The molecular formula is C20H18N2O2. The van der Waals surface area contributed by atoms with Crippen molar-refractivity contribution in [3.05, 3.63) is 77.9 Å². The number of hydrogen-bond acceptors (Lipinski definition) is 3. The van der Waals surface area contributed by atoms with Crippen LogP contribution in [0.25, 0.3) is 10.8 Å². The topological polar surface area (TPSA) is 61.7 Å². The summed E-state index contributed by atoms with van der Waals surface area (Å²) in [6, 6.07) is 20.6. The highest BCUT2D eigenvalue weighted by molar-refractivity contribution is 5.99. The first-order valence-electron chi connectivity index (χ1n) is 7.72. The number of fused-ring (bicyclic) bond motifs is 1. The Kier molecular flexibility index (Phi) is 4.57. The number of carbonyl (C=O) groups excluding carboxylic acids is 1. The zero-order valence-electron chi connectivity index (χ0n) is 13.4. The predicted molar refractivity (Wildman–Crippen MR) is 96.1 cm³/mol. The van der Waals surface area contributed by atoms with Gasteiger partial charge in [-0.3, -0.25) is 4.79 Å². The van der Waals surface area contributed by atoms with Crippen molar-refractivity contribution < 1.29 is 9.90 Å². The quantitative estimate of drug-likeness (QED) is 0.570. The molecule has 0 heterocycles. The van der Waals surface area contributed by atoms with Gasteiger partial charge in [-0.15, -0.1) is 0 Å². The van der Waals surface area contributed by atoms with Crippen molar-refractivity contribution in [2.45, 2.75) is 13.3 Å². The van der Waals surface area contributed by atoms with Gasteiger partial charge in [0.1, 0.15) is 5.75 Å². The van der Waals surface area contributed by atoms with Crippen LogP contribution in [0.4, 0.5) is 0 Å². The van der Waals surface area contributed by atoms with Gasteiger partial charge < -0.3 is 5.11 Å². The van der Waals surface area contributed by atoms with E-state index in [2.05, 4.69) is 10.5 Å². The summed E-state index contributed by atoms with van der Waals surface area (Å²) in [5, 5.41) is 15.6. The lowest BCUT2D eigenvalue weighted by molar-refractivity contribution is -0.120. The number of aromatic hydroxyl groups is 1. The van der Waals surface area contributed by atoms with Gasteiger partial charge >= 0.3 is 0 Å². The van der Waals surface area contributed by atoms with Gasteiger partial charge in [-0.05, 0) is 53.1 Å². The summed E-state index contributed by atoms with van der Waals surface area (Å²) in [6.45, 7) is 1.81. The van der Waals surface area contributed by atoms with Gasteiger partial charge in [0.25, 0.3) is 0 Å². The molecule has 4 heteroatoms. The van der Waals surface area contributed by atoms with E-state index in [4.69, 9.17) is 0 Å². The molecule has 4 nitrogen and oxygen atoms in total. The Balaban J connectivity index is 1.71. The summed E-state index contributed by atoms with van der Waals surface area (Å²) >= 11 is 0. The van der Waals surface area contributed by atoms with Crippen molar-refractivity contribution in [3.63, 3.8) is 0 Å². The lowest BCUT2D eigenvalue weighted by Crippen LogP contribution is -2.21. The number of hydrogen-bond donors (Lipinski definition) is 2. The van der Waals surface area contributed by atoms with Gasteiger partial charge in [-0.1, -0.05) is 42.5 Å². The molecule has 2 N–H and O–H groups in total. The minimum Gasteiger partial charge on any atom is -0.508 e. The molecule has 0 aromatic heterocycles. The van der Waals surface area contributed by atoms with Crippen molar-refractivity contribution in [1.82, 2.24) is 5.43 Å². The summed E-state index contributed by atoms with van der Waals surface area (Å²) in [5.74, 6) is 0.0380. The zero-order chi connectivity index (χ0) is 16.9. The second-order valence-corrected chi connectivity index (χ2v) is 5.59. The van der Waals surface area contributed by atoms with Crippen LogP contribution in [-0.4, -0.2) is 16.7 Å². The van der Waals surface area contributed by atoms with Gasteiger partial charge in [0.05, 0.1) is 12.1 Å². The first-order chi connectivity index (χ1) is 11.6. The molecule has 24 heavy (non-hydrogen) atoms. The normalized spacial score (nSPS) is 11.5. The van der Waals surface area contributed by atoms with Crippen molar-refractivity contribution in [2.24, 2.45) is 5.10 Å². The number of nitrogens with one attached hydrogen (secondary N) is 1. The minimum atomic E-state index is -0.163. The van der Waals surface area contributed by atoms with Gasteiger partial charge in [-0.2, -0.15) is 5.10 Å².